The first-order valence-electron chi connectivity index (χ1n) is 26.3. The summed E-state index contributed by atoms with van der Waals surface area (Å²) in [4.78, 5) is 2.68. The summed E-state index contributed by atoms with van der Waals surface area (Å²) in [6, 6.07) is 56.3. The molecule has 0 saturated heterocycles. The second kappa shape index (κ2) is 13.9. The molecule has 354 valence electrons. The molecule has 0 fully saturated rings. The maximum atomic E-state index is 7.60. The third-order valence-electron chi connectivity index (χ3n) is 17.6. The average molecular weight is 935 g/mol. The van der Waals surface area contributed by atoms with Gasteiger partial charge in [0.25, 0.3) is 0 Å². The zero-order valence-electron chi connectivity index (χ0n) is 44.2. The first kappa shape index (κ1) is 43.7. The first-order chi connectivity index (χ1) is 34.1. The highest BCUT2D eigenvalue weighted by atomic mass is 16.3. The second-order valence-electron chi connectivity index (χ2n) is 25.8. The zero-order valence-corrected chi connectivity index (χ0v) is 44.2. The smallest absolute Gasteiger partial charge is 0.375 e. The van der Waals surface area contributed by atoms with E-state index in [-0.39, 0.29) is 33.9 Å². The standard InChI is InChI=1S/C68H63BN2O/c1-64(2,3)40-24-28-43(29-25-40)71-54-37-46-44-30-26-42(66(7,8)9)35-51(44)67(10,11)52(46)36-48(54)57-56-45-21-17-18-22-50(45)68(12,13)59(56)58-47-34-41(65(4,5)6)27-31-53(47)70-61-49-33-39(38-19-15-14-16-20-38)23-32-55(49)72-63(61)69(71)60(57)62(58)70/h14-37H,1-13H3. The number of anilines is 2. The Morgan fingerprint density at radius 3 is 1.86 bits per heavy atom. The topological polar surface area (TPSA) is 21.3 Å². The van der Waals surface area contributed by atoms with E-state index in [1.165, 1.54) is 116 Å². The van der Waals surface area contributed by atoms with Gasteiger partial charge < -0.3 is 13.8 Å². The van der Waals surface area contributed by atoms with Gasteiger partial charge in [-0.15, -0.1) is 0 Å². The van der Waals surface area contributed by atoms with Gasteiger partial charge in [0.05, 0.1) is 16.7 Å². The molecule has 0 radical (unpaired) electrons. The minimum Gasteiger partial charge on any atom is -0.466 e. The van der Waals surface area contributed by atoms with E-state index in [2.05, 4.69) is 245 Å². The van der Waals surface area contributed by atoms with E-state index < -0.39 is 0 Å². The van der Waals surface area contributed by atoms with Gasteiger partial charge in [0.2, 0.25) is 0 Å². The van der Waals surface area contributed by atoms with Crippen molar-refractivity contribution in [2.45, 2.75) is 117 Å². The molecule has 0 saturated carbocycles. The van der Waals surface area contributed by atoms with E-state index in [1.807, 2.05) is 0 Å². The number of fused-ring (bicyclic) bond motifs is 18. The molecule has 2 aromatic heterocycles. The normalized spacial score (nSPS) is 15.7. The second-order valence-corrected chi connectivity index (χ2v) is 25.8. The van der Waals surface area contributed by atoms with Crippen molar-refractivity contribution in [2.75, 3.05) is 4.81 Å². The first-order valence-corrected chi connectivity index (χ1v) is 26.3. The van der Waals surface area contributed by atoms with Crippen LogP contribution in [-0.2, 0) is 27.1 Å². The van der Waals surface area contributed by atoms with Gasteiger partial charge in [0, 0.05) is 43.9 Å². The molecule has 0 unspecified atom stereocenters. The fraction of sp³-hybridized carbons (Fsp3) is 0.265. The molecule has 2 aliphatic heterocycles. The van der Waals surface area contributed by atoms with Crippen LogP contribution < -0.4 is 15.9 Å². The highest BCUT2D eigenvalue weighted by Gasteiger charge is 2.53. The Labute approximate surface area is 425 Å². The Hall–Kier alpha value is -7.04. The molecule has 72 heavy (non-hydrogen) atoms. The average Bonchev–Trinajstić information content (AvgIpc) is 4.02. The Morgan fingerprint density at radius 2 is 1.14 bits per heavy atom. The summed E-state index contributed by atoms with van der Waals surface area (Å²) in [5.41, 5.74) is 28.8. The quantitative estimate of drug-likeness (QED) is 0.161. The van der Waals surface area contributed by atoms with Crippen LogP contribution in [0, 0.1) is 0 Å². The van der Waals surface area contributed by atoms with Gasteiger partial charge in [-0.05, 0) is 148 Å². The minimum absolute atomic E-state index is 0.0000787. The molecule has 4 aliphatic rings. The number of benzene rings is 8. The molecule has 2 aliphatic carbocycles. The third-order valence-corrected chi connectivity index (χ3v) is 17.6. The van der Waals surface area contributed by atoms with Crippen molar-refractivity contribution < 1.29 is 4.42 Å². The summed E-state index contributed by atoms with van der Waals surface area (Å²) in [6.45, 7) is 30.6. The minimum atomic E-state index is -0.289. The maximum absolute atomic E-state index is 7.60. The monoisotopic (exact) mass is 935 g/mol. The Kier molecular flexibility index (Phi) is 8.46. The van der Waals surface area contributed by atoms with Gasteiger partial charge in [-0.3, -0.25) is 0 Å². The van der Waals surface area contributed by atoms with Gasteiger partial charge in [0.1, 0.15) is 11.2 Å². The van der Waals surface area contributed by atoms with Crippen molar-refractivity contribution >= 4 is 62.1 Å². The van der Waals surface area contributed by atoms with E-state index in [9.17, 15) is 0 Å². The van der Waals surface area contributed by atoms with Crippen LogP contribution in [-0.4, -0.2) is 11.4 Å². The lowest BCUT2D eigenvalue weighted by Gasteiger charge is -2.42. The fourth-order valence-electron chi connectivity index (χ4n) is 13.7. The van der Waals surface area contributed by atoms with Crippen LogP contribution in [0.1, 0.15) is 129 Å². The molecule has 8 aromatic carbocycles. The van der Waals surface area contributed by atoms with Crippen LogP contribution in [0.2, 0.25) is 0 Å². The van der Waals surface area contributed by atoms with Crippen LogP contribution >= 0.6 is 0 Å². The van der Waals surface area contributed by atoms with Crippen LogP contribution in [0.25, 0.3) is 83.0 Å². The fourth-order valence-corrected chi connectivity index (χ4v) is 13.7. The highest BCUT2D eigenvalue weighted by Crippen LogP contribution is 2.61. The van der Waals surface area contributed by atoms with Crippen molar-refractivity contribution in [1.82, 2.24) is 4.57 Å². The lowest BCUT2D eigenvalue weighted by atomic mass is 9.45. The molecule has 4 heterocycles. The number of hydrogen-bond donors (Lipinski definition) is 0. The highest BCUT2D eigenvalue weighted by molar-refractivity contribution is 6.93. The SMILES string of the molecule is CC(C)(C)c1ccc(N2B3c4oc5ccc(-c6ccccc6)cc5c4-n4c5ccc(C(C)(C)C)cc5c5c6c(c(c3c54)-c3cc4c(cc32)-c2ccc(C(C)(C)C)cc2C4(C)C)-c2ccccc2C6(C)C)cc1. The molecule has 0 N–H and O–H groups in total. The summed E-state index contributed by atoms with van der Waals surface area (Å²) in [5, 5.41) is 3.81. The zero-order chi connectivity index (χ0) is 49.9. The molecule has 3 nitrogen and oxygen atoms in total. The van der Waals surface area contributed by atoms with Crippen LogP contribution in [0.4, 0.5) is 11.4 Å². The summed E-state index contributed by atoms with van der Waals surface area (Å²) in [7, 11) is 0. The van der Waals surface area contributed by atoms with Crippen LogP contribution in [0.15, 0.2) is 150 Å². The van der Waals surface area contributed by atoms with E-state index in [1.54, 1.807) is 0 Å². The van der Waals surface area contributed by atoms with Gasteiger partial charge in [-0.2, -0.15) is 0 Å². The van der Waals surface area contributed by atoms with Crippen LogP contribution in [0.3, 0.4) is 0 Å². The number of furan rings is 1. The molecule has 0 spiro atoms. The molecule has 0 bridgehead atoms. The maximum Gasteiger partial charge on any atom is 0.375 e. The number of hydrogen-bond acceptors (Lipinski definition) is 2. The molecule has 14 rings (SSSR count). The molecular weight excluding hydrogens is 872 g/mol. The summed E-state index contributed by atoms with van der Waals surface area (Å²) in [6.07, 6.45) is 0. The Balaban J connectivity index is 1.20. The van der Waals surface area contributed by atoms with Crippen molar-refractivity contribution in [3.05, 3.63) is 185 Å². The molecule has 10 aromatic rings. The summed E-state index contributed by atoms with van der Waals surface area (Å²) < 4.78 is 10.2. The largest absolute Gasteiger partial charge is 0.466 e. The number of rotatable bonds is 2. The van der Waals surface area contributed by atoms with Gasteiger partial charge >= 0.3 is 6.85 Å². The Bertz CT molecular complexity index is 4020. The lowest BCUT2D eigenvalue weighted by Crippen LogP contribution is -2.60. The molecule has 0 atom stereocenters. The van der Waals surface area contributed by atoms with Crippen molar-refractivity contribution in [2.24, 2.45) is 0 Å². The van der Waals surface area contributed by atoms with Crippen molar-refractivity contribution in [3.63, 3.8) is 0 Å². The third kappa shape index (κ3) is 5.64. The molecule has 4 heteroatoms. The van der Waals surface area contributed by atoms with E-state index >= 15 is 0 Å². The van der Waals surface area contributed by atoms with Gasteiger partial charge in [-0.25, -0.2) is 0 Å². The van der Waals surface area contributed by atoms with E-state index in [0.29, 0.717) is 0 Å². The van der Waals surface area contributed by atoms with E-state index in [4.69, 9.17) is 4.42 Å². The molecular formula is C68H63BN2O. The van der Waals surface area contributed by atoms with Gasteiger partial charge in [0.15, 0.2) is 0 Å². The number of nitrogens with zero attached hydrogens (tertiary/aromatic N) is 2. The number of aromatic nitrogens is 1. The summed E-state index contributed by atoms with van der Waals surface area (Å²) >= 11 is 0. The predicted molar refractivity (Wildman–Crippen MR) is 306 cm³/mol. The predicted octanol–water partition coefficient (Wildman–Crippen LogP) is 16.9. The van der Waals surface area contributed by atoms with Crippen LogP contribution in [0.5, 0.6) is 0 Å². The van der Waals surface area contributed by atoms with Crippen molar-refractivity contribution in [3.8, 4) is 50.2 Å². The van der Waals surface area contributed by atoms with Gasteiger partial charge in [-0.1, -0.05) is 187 Å². The summed E-state index contributed by atoms with van der Waals surface area (Å²) in [5.74, 6) is 0. The van der Waals surface area contributed by atoms with E-state index in [0.717, 1.165) is 28.0 Å². The Morgan fingerprint density at radius 1 is 0.486 bits per heavy atom. The lowest BCUT2D eigenvalue weighted by molar-refractivity contribution is 0.584. The molecule has 0 amide bonds. The van der Waals surface area contributed by atoms with Crippen molar-refractivity contribution in [1.29, 1.82) is 0 Å².